The van der Waals surface area contributed by atoms with E-state index in [1.165, 1.54) is 24.5 Å². The zero-order chi connectivity index (χ0) is 27.5. The molecule has 0 fully saturated rings. The fraction of sp³-hybridized carbons (Fsp3) is 0.267. The Bertz CT molecular complexity index is 1680. The van der Waals surface area contributed by atoms with Crippen LogP contribution in [0.15, 0.2) is 60.8 Å². The van der Waals surface area contributed by atoms with Gasteiger partial charge >= 0.3 is 0 Å². The minimum Gasteiger partial charge on any atom is -0.375 e. The molecular weight excluding hydrogens is 515 g/mol. The number of benzene rings is 2. The fourth-order valence-electron chi connectivity index (χ4n) is 4.77. The molecule has 1 atom stereocenters. The van der Waals surface area contributed by atoms with Crippen LogP contribution in [0.25, 0.3) is 32.5 Å². The van der Waals surface area contributed by atoms with Gasteiger partial charge in [-0.25, -0.2) is 14.4 Å². The average molecular weight is 545 g/mol. The van der Waals surface area contributed by atoms with Gasteiger partial charge in [-0.2, -0.15) is 0 Å². The fourth-order valence-corrected chi connectivity index (χ4v) is 5.63. The van der Waals surface area contributed by atoms with E-state index in [0.29, 0.717) is 27.5 Å². The molecular formula is C30H29FN4O3S. The number of carbonyl (C=O) groups is 2. The Labute approximate surface area is 229 Å². The van der Waals surface area contributed by atoms with Gasteiger partial charge in [0, 0.05) is 48.8 Å². The van der Waals surface area contributed by atoms with Crippen molar-refractivity contribution in [2.45, 2.75) is 32.1 Å². The number of ketones is 1. The molecule has 9 heteroatoms. The highest BCUT2D eigenvalue weighted by atomic mass is 32.1. The zero-order valence-corrected chi connectivity index (χ0v) is 22.8. The molecule has 1 N–H and O–H groups in total. The molecule has 0 aliphatic rings. The van der Waals surface area contributed by atoms with Crippen LogP contribution in [0.3, 0.4) is 0 Å². The van der Waals surface area contributed by atoms with Crippen molar-refractivity contribution in [3.63, 3.8) is 0 Å². The van der Waals surface area contributed by atoms with Crippen LogP contribution in [-0.2, 0) is 16.6 Å². The summed E-state index contributed by atoms with van der Waals surface area (Å²) in [5, 5.41) is 4.07. The van der Waals surface area contributed by atoms with Crippen LogP contribution in [0.1, 0.15) is 48.0 Å². The Morgan fingerprint density at radius 3 is 2.77 bits per heavy atom. The molecule has 0 saturated heterocycles. The number of hydrogen-bond donors (Lipinski definition) is 1. The van der Waals surface area contributed by atoms with E-state index in [1.807, 2.05) is 54.2 Å². The first-order valence-corrected chi connectivity index (χ1v) is 13.6. The standard InChI is InChI=1S/C30H29FN4O3S/c1-18(19-7-5-8-21(31)14-19)6-4-9-27(36)23-16-35(2)26-13-10-20(15-22(23)26)24-11-12-25-29(32-24)39-30(33-25)34-28(37)17-38-3/h5,7-8,10-16,18H,4,6,9,17H2,1-3H3,(H,33,34,37)/t18-/m1/s1. The first-order chi connectivity index (χ1) is 18.8. The number of aryl methyl sites for hydroxylation is 1. The number of carbonyl (C=O) groups excluding carboxylic acids is 2. The molecule has 0 saturated carbocycles. The maximum atomic E-state index is 13.6. The highest BCUT2D eigenvalue weighted by Crippen LogP contribution is 2.31. The number of Topliss-reactive ketones (excluding diaryl/α,β-unsaturated/α-hetero) is 1. The van der Waals surface area contributed by atoms with Crippen molar-refractivity contribution >= 4 is 49.4 Å². The Hall–Kier alpha value is -3.95. The lowest BCUT2D eigenvalue weighted by atomic mass is 9.94. The number of pyridine rings is 1. The first kappa shape index (κ1) is 26.6. The van der Waals surface area contributed by atoms with Gasteiger partial charge in [0.1, 0.15) is 22.8 Å². The number of anilines is 1. The maximum Gasteiger partial charge on any atom is 0.252 e. The molecule has 0 spiro atoms. The maximum absolute atomic E-state index is 13.6. The van der Waals surface area contributed by atoms with Gasteiger partial charge in [0.25, 0.3) is 5.91 Å². The summed E-state index contributed by atoms with van der Waals surface area (Å²) in [6, 6.07) is 16.4. The number of amides is 1. The molecule has 5 aromatic rings. The number of fused-ring (bicyclic) bond motifs is 2. The first-order valence-electron chi connectivity index (χ1n) is 12.8. The second-order valence-electron chi connectivity index (χ2n) is 9.68. The number of aromatic nitrogens is 3. The van der Waals surface area contributed by atoms with Gasteiger partial charge in [0.05, 0.1) is 5.69 Å². The van der Waals surface area contributed by atoms with Crippen molar-refractivity contribution in [2.75, 3.05) is 19.0 Å². The minimum absolute atomic E-state index is 0.0429. The van der Waals surface area contributed by atoms with Crippen LogP contribution in [0.2, 0.25) is 0 Å². The van der Waals surface area contributed by atoms with Gasteiger partial charge < -0.3 is 9.30 Å². The van der Waals surface area contributed by atoms with Crippen LogP contribution in [-0.4, -0.2) is 39.9 Å². The van der Waals surface area contributed by atoms with Gasteiger partial charge in [0.2, 0.25) is 0 Å². The molecule has 0 bridgehead atoms. The number of halogens is 1. The molecule has 3 aromatic heterocycles. The van der Waals surface area contributed by atoms with Crippen LogP contribution in [0.4, 0.5) is 9.52 Å². The Morgan fingerprint density at radius 1 is 1.13 bits per heavy atom. The molecule has 0 radical (unpaired) electrons. The monoisotopic (exact) mass is 544 g/mol. The molecule has 39 heavy (non-hydrogen) atoms. The molecule has 0 aliphatic heterocycles. The SMILES string of the molecule is COCC(=O)Nc1nc2ccc(-c3ccc4c(c3)c(C(=O)CCC[C@@H](C)c3cccc(F)c3)cn4C)nc2s1. The third kappa shape index (κ3) is 5.89. The van der Waals surface area contributed by atoms with Crippen molar-refractivity contribution in [3.8, 4) is 11.3 Å². The van der Waals surface area contributed by atoms with E-state index >= 15 is 0 Å². The van der Waals surface area contributed by atoms with Gasteiger partial charge in [0.15, 0.2) is 10.9 Å². The number of ether oxygens (including phenoxy) is 1. The second-order valence-corrected chi connectivity index (χ2v) is 10.7. The lowest BCUT2D eigenvalue weighted by Crippen LogP contribution is -2.16. The number of nitrogens with one attached hydrogen (secondary N) is 1. The molecule has 2 aromatic carbocycles. The van der Waals surface area contributed by atoms with Crippen LogP contribution in [0.5, 0.6) is 0 Å². The lowest BCUT2D eigenvalue weighted by molar-refractivity contribution is -0.119. The van der Waals surface area contributed by atoms with Crippen LogP contribution < -0.4 is 5.32 Å². The Kier molecular flexibility index (Phi) is 7.81. The molecule has 7 nitrogen and oxygen atoms in total. The zero-order valence-electron chi connectivity index (χ0n) is 22.0. The van der Waals surface area contributed by atoms with Crippen molar-refractivity contribution in [1.29, 1.82) is 0 Å². The third-order valence-electron chi connectivity index (χ3n) is 6.82. The third-order valence-corrected chi connectivity index (χ3v) is 7.70. The Morgan fingerprint density at radius 2 is 1.97 bits per heavy atom. The van der Waals surface area contributed by atoms with E-state index in [-0.39, 0.29) is 30.0 Å². The smallest absolute Gasteiger partial charge is 0.252 e. The summed E-state index contributed by atoms with van der Waals surface area (Å²) < 4.78 is 20.4. The summed E-state index contributed by atoms with van der Waals surface area (Å²) in [7, 11) is 3.40. The van der Waals surface area contributed by atoms with Crippen LogP contribution >= 0.6 is 11.3 Å². The van der Waals surface area contributed by atoms with E-state index in [2.05, 4.69) is 17.2 Å². The summed E-state index contributed by atoms with van der Waals surface area (Å²) in [4.78, 5) is 35.0. The predicted octanol–water partition coefficient (Wildman–Crippen LogP) is 6.73. The number of nitrogens with zero attached hydrogens (tertiary/aromatic N) is 3. The second kappa shape index (κ2) is 11.4. The number of hydrogen-bond acceptors (Lipinski definition) is 6. The molecule has 0 aliphatic carbocycles. The van der Waals surface area contributed by atoms with Gasteiger partial charge in [-0.3, -0.25) is 14.9 Å². The summed E-state index contributed by atoms with van der Waals surface area (Å²) in [5.41, 5.74) is 4.96. The molecule has 0 unspecified atom stereocenters. The number of thiazole rings is 1. The Balaban J connectivity index is 1.34. The van der Waals surface area contributed by atoms with E-state index in [1.54, 1.807) is 12.1 Å². The van der Waals surface area contributed by atoms with E-state index in [9.17, 15) is 14.0 Å². The largest absolute Gasteiger partial charge is 0.375 e. The average Bonchev–Trinajstić information content (AvgIpc) is 3.47. The summed E-state index contributed by atoms with van der Waals surface area (Å²) in [5.74, 6) is -0.243. The molecule has 1 amide bonds. The van der Waals surface area contributed by atoms with E-state index in [4.69, 9.17) is 9.72 Å². The summed E-state index contributed by atoms with van der Waals surface area (Å²) in [6.07, 6.45) is 3.84. The molecule has 5 rings (SSSR count). The normalized spacial score (nSPS) is 12.2. The topological polar surface area (TPSA) is 86.1 Å². The van der Waals surface area contributed by atoms with E-state index < -0.39 is 0 Å². The minimum atomic E-state index is -0.271. The number of rotatable bonds is 10. The lowest BCUT2D eigenvalue weighted by Gasteiger charge is -2.11. The van der Waals surface area contributed by atoms with Gasteiger partial charge in [-0.1, -0.05) is 36.5 Å². The van der Waals surface area contributed by atoms with Crippen molar-refractivity contribution in [2.24, 2.45) is 7.05 Å². The van der Waals surface area contributed by atoms with Crippen LogP contribution in [0, 0.1) is 5.82 Å². The predicted molar refractivity (Wildman–Crippen MR) is 153 cm³/mol. The van der Waals surface area contributed by atoms with Gasteiger partial charge in [-0.15, -0.1) is 0 Å². The quantitative estimate of drug-likeness (QED) is 0.197. The van der Waals surface area contributed by atoms with Gasteiger partial charge in [-0.05, 0) is 60.7 Å². The van der Waals surface area contributed by atoms with E-state index in [0.717, 1.165) is 40.6 Å². The molecule has 200 valence electrons. The molecule has 3 heterocycles. The van der Waals surface area contributed by atoms with Crippen molar-refractivity contribution < 1.29 is 18.7 Å². The highest BCUT2D eigenvalue weighted by molar-refractivity contribution is 7.22. The number of methoxy groups -OCH3 is 1. The van der Waals surface area contributed by atoms with Crippen molar-refractivity contribution in [3.05, 3.63) is 77.7 Å². The summed E-state index contributed by atoms with van der Waals surface area (Å²) in [6.45, 7) is 2.02. The summed E-state index contributed by atoms with van der Waals surface area (Å²) >= 11 is 1.30. The highest BCUT2D eigenvalue weighted by Gasteiger charge is 2.17. The van der Waals surface area contributed by atoms with Crippen molar-refractivity contribution in [1.82, 2.24) is 14.5 Å².